The minimum Gasteiger partial charge on any atom is -0.381 e. The maximum absolute atomic E-state index is 12.1. The van der Waals surface area contributed by atoms with Crippen LogP contribution in [0.4, 0.5) is 0 Å². The molecule has 1 saturated heterocycles. The number of hydrogen-bond donors (Lipinski definition) is 1. The van der Waals surface area contributed by atoms with Gasteiger partial charge in [-0.15, -0.1) is 11.6 Å². The molecular weight excluding hydrogens is 250 g/mol. The molecule has 0 aromatic heterocycles. The molecule has 0 aromatic rings. The molecule has 3 nitrogen and oxygen atoms in total. The maximum Gasteiger partial charge on any atom is 0.223 e. The average Bonchev–Trinajstić information content (AvgIpc) is 2.38. The topological polar surface area (TPSA) is 38.3 Å². The molecule has 3 atom stereocenters. The van der Waals surface area contributed by atoms with Gasteiger partial charge >= 0.3 is 0 Å². The quantitative estimate of drug-likeness (QED) is 0.757. The van der Waals surface area contributed by atoms with Gasteiger partial charge in [0.25, 0.3) is 0 Å². The Morgan fingerprint density at radius 2 is 2.11 bits per heavy atom. The second-order valence-corrected chi connectivity index (χ2v) is 5.85. The van der Waals surface area contributed by atoms with Gasteiger partial charge in [0.2, 0.25) is 5.91 Å². The Hall–Kier alpha value is -0.280. The lowest BCUT2D eigenvalue weighted by Crippen LogP contribution is -2.42. The summed E-state index contributed by atoms with van der Waals surface area (Å²) < 4.78 is 5.35. The molecule has 1 N–H and O–H groups in total. The van der Waals surface area contributed by atoms with Crippen LogP contribution in [0.25, 0.3) is 0 Å². The minimum atomic E-state index is 0.0408. The summed E-state index contributed by atoms with van der Waals surface area (Å²) in [6.07, 6.45) is 2.95. The predicted molar refractivity (Wildman–Crippen MR) is 74.8 cm³/mol. The van der Waals surface area contributed by atoms with Crippen molar-refractivity contribution in [3.63, 3.8) is 0 Å². The van der Waals surface area contributed by atoms with Crippen molar-refractivity contribution in [3.8, 4) is 0 Å². The molecule has 4 heteroatoms. The number of hydrogen-bond acceptors (Lipinski definition) is 2. The van der Waals surface area contributed by atoms with Crippen molar-refractivity contribution < 1.29 is 9.53 Å². The molecule has 0 aromatic carbocycles. The lowest BCUT2D eigenvalue weighted by Gasteiger charge is -2.28. The van der Waals surface area contributed by atoms with E-state index in [0.29, 0.717) is 31.6 Å². The van der Waals surface area contributed by atoms with E-state index in [0.717, 1.165) is 19.3 Å². The van der Waals surface area contributed by atoms with Gasteiger partial charge in [0.15, 0.2) is 0 Å². The number of carbonyl (C=O) groups is 1. The standard InChI is InChI=1S/C14H26ClNO2/c1-4-11(5-2)13(15)8-16-14(17)12-6-7-18-9-10(12)3/h10-13H,4-9H2,1-3H3,(H,16,17). The normalized spacial score (nSPS) is 26.1. The molecule has 0 bridgehead atoms. The van der Waals surface area contributed by atoms with Crippen LogP contribution < -0.4 is 5.32 Å². The summed E-state index contributed by atoms with van der Waals surface area (Å²) in [5.41, 5.74) is 0. The average molecular weight is 276 g/mol. The third-order valence-corrected chi connectivity index (χ3v) is 4.52. The van der Waals surface area contributed by atoms with Gasteiger partial charge < -0.3 is 10.1 Å². The molecule has 0 saturated carbocycles. The van der Waals surface area contributed by atoms with Gasteiger partial charge in [-0.25, -0.2) is 0 Å². The van der Waals surface area contributed by atoms with E-state index in [2.05, 4.69) is 26.1 Å². The van der Waals surface area contributed by atoms with E-state index in [4.69, 9.17) is 16.3 Å². The summed E-state index contributed by atoms with van der Waals surface area (Å²) in [5.74, 6) is 1.02. The zero-order valence-electron chi connectivity index (χ0n) is 11.7. The Bertz CT molecular complexity index is 256. The summed E-state index contributed by atoms with van der Waals surface area (Å²) in [6.45, 7) is 8.32. The fourth-order valence-electron chi connectivity index (χ4n) is 2.57. The van der Waals surface area contributed by atoms with Crippen LogP contribution >= 0.6 is 11.6 Å². The maximum atomic E-state index is 12.1. The first-order chi connectivity index (χ1) is 8.60. The molecule has 106 valence electrons. The summed E-state index contributed by atoms with van der Waals surface area (Å²) in [5, 5.41) is 3.05. The van der Waals surface area contributed by atoms with Gasteiger partial charge in [0.05, 0.1) is 5.38 Å². The van der Waals surface area contributed by atoms with E-state index in [9.17, 15) is 4.79 Å². The largest absolute Gasteiger partial charge is 0.381 e. The highest BCUT2D eigenvalue weighted by Crippen LogP contribution is 2.22. The first-order valence-electron chi connectivity index (χ1n) is 7.09. The highest BCUT2D eigenvalue weighted by Gasteiger charge is 2.28. The molecule has 0 radical (unpaired) electrons. The van der Waals surface area contributed by atoms with E-state index in [-0.39, 0.29) is 17.2 Å². The van der Waals surface area contributed by atoms with Crippen LogP contribution in [-0.2, 0) is 9.53 Å². The van der Waals surface area contributed by atoms with Gasteiger partial charge in [-0.05, 0) is 18.3 Å². The summed E-state index contributed by atoms with van der Waals surface area (Å²) in [7, 11) is 0. The Morgan fingerprint density at radius 1 is 1.44 bits per heavy atom. The first kappa shape index (κ1) is 15.8. The first-order valence-corrected chi connectivity index (χ1v) is 7.53. The lowest BCUT2D eigenvalue weighted by molar-refractivity contribution is -0.130. The van der Waals surface area contributed by atoms with E-state index < -0.39 is 0 Å². The molecular formula is C14H26ClNO2. The van der Waals surface area contributed by atoms with Crippen molar-refractivity contribution in [2.75, 3.05) is 19.8 Å². The van der Waals surface area contributed by atoms with Crippen LogP contribution in [0.3, 0.4) is 0 Å². The fourth-order valence-corrected chi connectivity index (χ4v) is 3.00. The van der Waals surface area contributed by atoms with Crippen molar-refractivity contribution in [1.82, 2.24) is 5.32 Å². The predicted octanol–water partition coefficient (Wildman–Crippen LogP) is 2.82. The minimum absolute atomic E-state index is 0.0408. The van der Waals surface area contributed by atoms with Crippen molar-refractivity contribution in [2.24, 2.45) is 17.8 Å². The Morgan fingerprint density at radius 3 is 2.67 bits per heavy atom. The highest BCUT2D eigenvalue weighted by atomic mass is 35.5. The molecule has 0 aliphatic carbocycles. The molecule has 18 heavy (non-hydrogen) atoms. The summed E-state index contributed by atoms with van der Waals surface area (Å²) in [6, 6.07) is 0. The SMILES string of the molecule is CCC(CC)C(Cl)CNC(=O)C1CCOCC1C. The molecule has 1 heterocycles. The van der Waals surface area contributed by atoms with Crippen LogP contribution in [0.5, 0.6) is 0 Å². The lowest BCUT2D eigenvalue weighted by atomic mass is 9.89. The van der Waals surface area contributed by atoms with E-state index >= 15 is 0 Å². The molecule has 1 rings (SSSR count). The Balaban J connectivity index is 2.35. The van der Waals surface area contributed by atoms with Gasteiger partial charge in [0, 0.05) is 25.7 Å². The van der Waals surface area contributed by atoms with Gasteiger partial charge in [-0.2, -0.15) is 0 Å². The molecule has 3 unspecified atom stereocenters. The van der Waals surface area contributed by atoms with E-state index in [1.54, 1.807) is 0 Å². The number of amides is 1. The van der Waals surface area contributed by atoms with Gasteiger partial charge in [-0.3, -0.25) is 4.79 Å². The number of alkyl halides is 1. The fraction of sp³-hybridized carbons (Fsp3) is 0.929. The smallest absolute Gasteiger partial charge is 0.223 e. The molecule has 1 fully saturated rings. The Labute approximate surface area is 116 Å². The Kier molecular flexibility index (Phi) is 7.02. The zero-order chi connectivity index (χ0) is 13.5. The number of nitrogens with one attached hydrogen (secondary N) is 1. The molecule has 1 aliphatic heterocycles. The third-order valence-electron chi connectivity index (χ3n) is 4.01. The number of ether oxygens (including phenoxy) is 1. The van der Waals surface area contributed by atoms with Crippen molar-refractivity contribution >= 4 is 17.5 Å². The highest BCUT2D eigenvalue weighted by molar-refractivity contribution is 6.21. The van der Waals surface area contributed by atoms with Crippen molar-refractivity contribution in [2.45, 2.75) is 45.4 Å². The molecule has 0 spiro atoms. The molecule has 1 aliphatic rings. The van der Waals surface area contributed by atoms with E-state index in [1.165, 1.54) is 0 Å². The second-order valence-electron chi connectivity index (χ2n) is 5.29. The van der Waals surface area contributed by atoms with Crippen molar-refractivity contribution in [1.29, 1.82) is 0 Å². The third kappa shape index (κ3) is 4.43. The zero-order valence-corrected chi connectivity index (χ0v) is 12.5. The summed E-state index contributed by atoms with van der Waals surface area (Å²) in [4.78, 5) is 12.1. The number of halogens is 1. The van der Waals surface area contributed by atoms with Crippen LogP contribution in [0, 0.1) is 17.8 Å². The van der Waals surface area contributed by atoms with Crippen molar-refractivity contribution in [3.05, 3.63) is 0 Å². The molecule has 1 amide bonds. The summed E-state index contributed by atoms with van der Waals surface area (Å²) >= 11 is 6.33. The second kappa shape index (κ2) is 8.00. The monoisotopic (exact) mass is 275 g/mol. The number of rotatable bonds is 6. The van der Waals surface area contributed by atoms with Crippen LogP contribution in [0.1, 0.15) is 40.0 Å². The van der Waals surface area contributed by atoms with E-state index in [1.807, 2.05) is 0 Å². The van der Waals surface area contributed by atoms with Crippen LogP contribution in [-0.4, -0.2) is 31.0 Å². The van der Waals surface area contributed by atoms with Gasteiger partial charge in [0.1, 0.15) is 0 Å². The van der Waals surface area contributed by atoms with Crippen LogP contribution in [0.2, 0.25) is 0 Å². The van der Waals surface area contributed by atoms with Crippen LogP contribution in [0.15, 0.2) is 0 Å². The van der Waals surface area contributed by atoms with Gasteiger partial charge in [-0.1, -0.05) is 33.6 Å². The number of carbonyl (C=O) groups excluding carboxylic acids is 1.